The Kier molecular flexibility index (Phi) is 5.05. The van der Waals surface area contributed by atoms with Crippen LogP contribution < -0.4 is 16.2 Å². The predicted molar refractivity (Wildman–Crippen MR) is 85.1 cm³/mol. The van der Waals surface area contributed by atoms with Crippen LogP contribution >= 0.6 is 0 Å². The topological polar surface area (TPSA) is 80.0 Å². The van der Waals surface area contributed by atoms with Gasteiger partial charge in [-0.1, -0.05) is 13.8 Å². The second kappa shape index (κ2) is 6.99. The highest BCUT2D eigenvalue weighted by Crippen LogP contribution is 2.29. The molecule has 0 aliphatic rings. The molecule has 0 aliphatic carbocycles. The highest BCUT2D eigenvalue weighted by Gasteiger charge is 2.17. The lowest BCUT2D eigenvalue weighted by Gasteiger charge is -2.24. The van der Waals surface area contributed by atoms with Crippen molar-refractivity contribution in [1.82, 2.24) is 15.0 Å². The van der Waals surface area contributed by atoms with Crippen LogP contribution in [0.25, 0.3) is 0 Å². The molecule has 21 heavy (non-hydrogen) atoms. The van der Waals surface area contributed by atoms with Crippen LogP contribution in [-0.2, 0) is 6.42 Å². The summed E-state index contributed by atoms with van der Waals surface area (Å²) >= 11 is 0. The van der Waals surface area contributed by atoms with Crippen molar-refractivity contribution in [2.45, 2.75) is 26.2 Å². The van der Waals surface area contributed by atoms with Crippen LogP contribution in [0.3, 0.4) is 0 Å². The molecule has 0 atom stereocenters. The van der Waals surface area contributed by atoms with Crippen LogP contribution in [0.2, 0.25) is 0 Å². The Hall–Kier alpha value is -2.21. The monoisotopic (exact) mass is 286 g/mol. The highest BCUT2D eigenvalue weighted by molar-refractivity contribution is 5.59. The number of hydrazine groups is 1. The van der Waals surface area contributed by atoms with Crippen LogP contribution in [0.4, 0.5) is 11.6 Å². The SMILES string of the molecule is CC(C)c1c(NN)ncnc1N(C)CCc1ccncc1. The zero-order valence-corrected chi connectivity index (χ0v) is 12.7. The molecule has 6 nitrogen and oxygen atoms in total. The van der Waals surface area contributed by atoms with Gasteiger partial charge in [-0.3, -0.25) is 4.98 Å². The van der Waals surface area contributed by atoms with E-state index in [1.54, 1.807) is 6.33 Å². The first-order chi connectivity index (χ1) is 10.1. The maximum absolute atomic E-state index is 5.56. The van der Waals surface area contributed by atoms with Gasteiger partial charge in [0, 0.05) is 31.5 Å². The molecule has 2 aromatic rings. The van der Waals surface area contributed by atoms with E-state index in [1.165, 1.54) is 5.56 Å². The molecule has 0 unspecified atom stereocenters. The van der Waals surface area contributed by atoms with Gasteiger partial charge in [-0.15, -0.1) is 0 Å². The van der Waals surface area contributed by atoms with Crippen LogP contribution in [0.15, 0.2) is 30.9 Å². The molecule has 0 spiro atoms. The lowest BCUT2D eigenvalue weighted by molar-refractivity contribution is 0.800. The van der Waals surface area contributed by atoms with E-state index >= 15 is 0 Å². The standard InChI is InChI=1S/C15H22N6/c1-11(2)13-14(20-16)18-10-19-15(13)21(3)9-6-12-4-7-17-8-5-12/h4-5,7-8,10-11H,6,9,16H2,1-3H3,(H,18,19,20). The van der Waals surface area contributed by atoms with E-state index in [1.807, 2.05) is 31.6 Å². The van der Waals surface area contributed by atoms with Gasteiger partial charge in [0.2, 0.25) is 0 Å². The number of anilines is 2. The van der Waals surface area contributed by atoms with E-state index in [-0.39, 0.29) is 5.92 Å². The first-order valence-electron chi connectivity index (χ1n) is 7.05. The van der Waals surface area contributed by atoms with Crippen molar-refractivity contribution in [3.8, 4) is 0 Å². The molecule has 0 aliphatic heterocycles. The zero-order chi connectivity index (χ0) is 15.2. The maximum atomic E-state index is 5.56. The number of nitrogens with one attached hydrogen (secondary N) is 1. The molecule has 0 bridgehead atoms. The molecule has 112 valence electrons. The van der Waals surface area contributed by atoms with Crippen molar-refractivity contribution in [2.24, 2.45) is 5.84 Å². The number of aromatic nitrogens is 3. The number of rotatable bonds is 6. The minimum Gasteiger partial charge on any atom is -0.359 e. The average molecular weight is 286 g/mol. The second-order valence-corrected chi connectivity index (χ2v) is 5.29. The largest absolute Gasteiger partial charge is 0.359 e. The van der Waals surface area contributed by atoms with Crippen LogP contribution in [0.1, 0.15) is 30.9 Å². The molecular weight excluding hydrogens is 264 g/mol. The molecule has 0 fully saturated rings. The van der Waals surface area contributed by atoms with Crippen molar-refractivity contribution >= 4 is 11.6 Å². The Bertz CT molecular complexity index is 570. The summed E-state index contributed by atoms with van der Waals surface area (Å²) in [7, 11) is 2.04. The van der Waals surface area contributed by atoms with Gasteiger partial charge in [0.05, 0.1) is 0 Å². The molecule has 0 saturated heterocycles. The number of pyridine rings is 1. The Morgan fingerprint density at radius 3 is 2.57 bits per heavy atom. The van der Waals surface area contributed by atoms with Crippen molar-refractivity contribution in [3.05, 3.63) is 42.0 Å². The number of likely N-dealkylation sites (N-methyl/N-ethyl adjacent to an activating group) is 1. The quantitative estimate of drug-likeness (QED) is 0.624. The number of nitrogen functional groups attached to an aromatic ring is 1. The summed E-state index contributed by atoms with van der Waals surface area (Å²) in [4.78, 5) is 14.8. The zero-order valence-electron chi connectivity index (χ0n) is 12.7. The lowest BCUT2D eigenvalue weighted by Crippen LogP contribution is -2.24. The number of nitrogens with two attached hydrogens (primary N) is 1. The Labute approximate surface area is 125 Å². The summed E-state index contributed by atoms with van der Waals surface area (Å²) < 4.78 is 0. The summed E-state index contributed by atoms with van der Waals surface area (Å²) in [6.07, 6.45) is 6.11. The van der Waals surface area contributed by atoms with Crippen LogP contribution in [0.5, 0.6) is 0 Å². The number of hydrogen-bond acceptors (Lipinski definition) is 6. The van der Waals surface area contributed by atoms with Gasteiger partial charge in [-0.25, -0.2) is 15.8 Å². The fourth-order valence-corrected chi connectivity index (χ4v) is 2.29. The third kappa shape index (κ3) is 3.66. The molecule has 0 saturated carbocycles. The Balaban J connectivity index is 2.17. The molecular formula is C15H22N6. The van der Waals surface area contributed by atoms with Crippen molar-refractivity contribution in [3.63, 3.8) is 0 Å². The molecule has 2 rings (SSSR count). The molecule has 0 amide bonds. The summed E-state index contributed by atoms with van der Waals surface area (Å²) in [6.45, 7) is 5.09. The molecule has 0 aromatic carbocycles. The van der Waals surface area contributed by atoms with Crippen molar-refractivity contribution in [2.75, 3.05) is 23.9 Å². The minimum atomic E-state index is 0.288. The lowest BCUT2D eigenvalue weighted by atomic mass is 10.0. The summed E-state index contributed by atoms with van der Waals surface area (Å²) in [5, 5.41) is 0. The van der Waals surface area contributed by atoms with Gasteiger partial charge in [0.25, 0.3) is 0 Å². The van der Waals surface area contributed by atoms with Gasteiger partial charge < -0.3 is 10.3 Å². The fourth-order valence-electron chi connectivity index (χ4n) is 2.29. The molecule has 3 N–H and O–H groups in total. The van der Waals surface area contributed by atoms with Crippen molar-refractivity contribution < 1.29 is 0 Å². The van der Waals surface area contributed by atoms with E-state index in [0.717, 1.165) is 24.3 Å². The molecule has 2 aromatic heterocycles. The summed E-state index contributed by atoms with van der Waals surface area (Å²) in [5.74, 6) is 7.45. The number of nitrogens with zero attached hydrogens (tertiary/aromatic N) is 4. The number of hydrogen-bond donors (Lipinski definition) is 2. The summed E-state index contributed by atoms with van der Waals surface area (Å²) in [5.41, 5.74) is 4.96. The van der Waals surface area contributed by atoms with Crippen LogP contribution in [0, 0.1) is 0 Å². The van der Waals surface area contributed by atoms with Gasteiger partial charge in [0.1, 0.15) is 18.0 Å². The van der Waals surface area contributed by atoms with Crippen LogP contribution in [-0.4, -0.2) is 28.5 Å². The summed E-state index contributed by atoms with van der Waals surface area (Å²) in [6, 6.07) is 4.06. The fraction of sp³-hybridized carbons (Fsp3) is 0.400. The van der Waals surface area contributed by atoms with Gasteiger partial charge in [0.15, 0.2) is 0 Å². The first kappa shape index (κ1) is 15.2. The van der Waals surface area contributed by atoms with E-state index in [4.69, 9.17) is 5.84 Å². The predicted octanol–water partition coefficient (Wildman–Crippen LogP) is 1.96. The van der Waals surface area contributed by atoms with Gasteiger partial charge in [-0.05, 0) is 30.0 Å². The first-order valence-corrected chi connectivity index (χ1v) is 7.05. The molecule has 2 heterocycles. The molecule has 0 radical (unpaired) electrons. The third-order valence-electron chi connectivity index (χ3n) is 3.42. The Morgan fingerprint density at radius 2 is 1.95 bits per heavy atom. The maximum Gasteiger partial charge on any atom is 0.148 e. The molecule has 6 heteroatoms. The third-order valence-corrected chi connectivity index (χ3v) is 3.42. The van der Waals surface area contributed by atoms with Gasteiger partial charge in [-0.2, -0.15) is 0 Å². The normalized spacial score (nSPS) is 10.7. The van der Waals surface area contributed by atoms with Gasteiger partial charge >= 0.3 is 0 Å². The van der Waals surface area contributed by atoms with E-state index in [9.17, 15) is 0 Å². The minimum absolute atomic E-state index is 0.288. The van der Waals surface area contributed by atoms with E-state index < -0.39 is 0 Å². The smallest absolute Gasteiger partial charge is 0.148 e. The second-order valence-electron chi connectivity index (χ2n) is 5.29. The average Bonchev–Trinajstić information content (AvgIpc) is 2.52. The Morgan fingerprint density at radius 1 is 1.24 bits per heavy atom. The van der Waals surface area contributed by atoms with E-state index in [2.05, 4.69) is 39.1 Å². The van der Waals surface area contributed by atoms with E-state index in [0.29, 0.717) is 5.82 Å². The van der Waals surface area contributed by atoms with Crippen molar-refractivity contribution in [1.29, 1.82) is 0 Å². The highest BCUT2D eigenvalue weighted by atomic mass is 15.3.